The summed E-state index contributed by atoms with van der Waals surface area (Å²) in [6.45, 7) is 2.51. The molecule has 2 aromatic heterocycles. The second-order valence-corrected chi connectivity index (χ2v) is 4.51. The van der Waals surface area contributed by atoms with Crippen LogP contribution in [0.25, 0.3) is 22.8 Å². The van der Waals surface area contributed by atoms with Gasteiger partial charge in [-0.25, -0.2) is 0 Å². The third kappa shape index (κ3) is 2.31. The van der Waals surface area contributed by atoms with Crippen LogP contribution < -0.4 is 5.73 Å². The number of nitrogens with two attached hydrogens (primary N) is 1. The second kappa shape index (κ2) is 5.22. The van der Waals surface area contributed by atoms with E-state index in [1.807, 2.05) is 37.3 Å². The number of hydrogen-bond acceptors (Lipinski definition) is 5. The Morgan fingerprint density at radius 1 is 1.15 bits per heavy atom. The predicted molar refractivity (Wildman–Crippen MR) is 75.6 cm³/mol. The van der Waals surface area contributed by atoms with E-state index < -0.39 is 0 Å². The van der Waals surface area contributed by atoms with E-state index in [4.69, 9.17) is 10.3 Å². The minimum Gasteiger partial charge on any atom is -0.334 e. The molecule has 0 aliphatic heterocycles. The molecule has 2 N–H and O–H groups in total. The van der Waals surface area contributed by atoms with Gasteiger partial charge in [0, 0.05) is 30.1 Å². The molecule has 3 rings (SSSR count). The Balaban J connectivity index is 1.95. The monoisotopic (exact) mass is 266 g/mol. The SMILES string of the molecule is Cc1ccncc1-c1noc(-c2ccc(CN)cc2)n1. The van der Waals surface area contributed by atoms with Gasteiger partial charge < -0.3 is 10.3 Å². The van der Waals surface area contributed by atoms with Gasteiger partial charge in [0.25, 0.3) is 5.89 Å². The molecule has 100 valence electrons. The molecule has 3 aromatic rings. The molecule has 20 heavy (non-hydrogen) atoms. The van der Waals surface area contributed by atoms with Crippen LogP contribution in [0, 0.1) is 6.92 Å². The summed E-state index contributed by atoms with van der Waals surface area (Å²) in [6.07, 6.45) is 3.48. The van der Waals surface area contributed by atoms with E-state index in [1.54, 1.807) is 12.4 Å². The first kappa shape index (κ1) is 12.5. The first-order valence-corrected chi connectivity index (χ1v) is 6.32. The lowest BCUT2D eigenvalue weighted by molar-refractivity contribution is 0.432. The van der Waals surface area contributed by atoms with Crippen molar-refractivity contribution in [2.45, 2.75) is 13.5 Å². The third-order valence-electron chi connectivity index (χ3n) is 3.14. The summed E-state index contributed by atoms with van der Waals surface area (Å²) >= 11 is 0. The van der Waals surface area contributed by atoms with Crippen LogP contribution >= 0.6 is 0 Å². The van der Waals surface area contributed by atoms with Gasteiger partial charge in [-0.3, -0.25) is 4.98 Å². The number of nitrogens with zero attached hydrogens (tertiary/aromatic N) is 3. The van der Waals surface area contributed by atoms with Gasteiger partial charge >= 0.3 is 0 Å². The number of aromatic nitrogens is 3. The Labute approximate surface area is 116 Å². The van der Waals surface area contributed by atoms with E-state index >= 15 is 0 Å². The van der Waals surface area contributed by atoms with Crippen LogP contribution in [0.4, 0.5) is 0 Å². The van der Waals surface area contributed by atoms with Crippen LogP contribution in [-0.4, -0.2) is 15.1 Å². The standard InChI is InChI=1S/C15H14N4O/c1-10-6-7-17-9-13(10)14-18-15(20-19-14)12-4-2-11(8-16)3-5-12/h2-7,9H,8,16H2,1H3. The van der Waals surface area contributed by atoms with Gasteiger partial charge in [-0.05, 0) is 36.2 Å². The number of hydrogen-bond donors (Lipinski definition) is 1. The summed E-state index contributed by atoms with van der Waals surface area (Å²) in [5.41, 5.74) is 9.46. The average molecular weight is 266 g/mol. The van der Waals surface area contributed by atoms with Crippen LogP contribution in [-0.2, 0) is 6.54 Å². The highest BCUT2D eigenvalue weighted by Crippen LogP contribution is 2.23. The Kier molecular flexibility index (Phi) is 3.26. The molecule has 0 fully saturated rings. The maximum atomic E-state index is 5.58. The van der Waals surface area contributed by atoms with Crippen molar-refractivity contribution in [3.63, 3.8) is 0 Å². The zero-order valence-corrected chi connectivity index (χ0v) is 11.1. The molecule has 0 saturated heterocycles. The lowest BCUT2D eigenvalue weighted by Gasteiger charge is -1.98. The van der Waals surface area contributed by atoms with Gasteiger partial charge in [0.05, 0.1) is 0 Å². The summed E-state index contributed by atoms with van der Waals surface area (Å²) in [5, 5.41) is 4.02. The topological polar surface area (TPSA) is 77.8 Å². The van der Waals surface area contributed by atoms with Crippen molar-refractivity contribution in [3.8, 4) is 22.8 Å². The van der Waals surface area contributed by atoms with Crippen molar-refractivity contribution in [3.05, 3.63) is 53.9 Å². The molecular weight excluding hydrogens is 252 g/mol. The molecule has 0 atom stereocenters. The zero-order valence-electron chi connectivity index (χ0n) is 11.1. The van der Waals surface area contributed by atoms with Gasteiger partial charge in [-0.1, -0.05) is 17.3 Å². The fourth-order valence-electron chi connectivity index (χ4n) is 1.93. The maximum Gasteiger partial charge on any atom is 0.258 e. The predicted octanol–water partition coefficient (Wildman–Crippen LogP) is 2.57. The molecule has 0 aliphatic carbocycles. The number of pyridine rings is 1. The van der Waals surface area contributed by atoms with Crippen molar-refractivity contribution in [1.82, 2.24) is 15.1 Å². The van der Waals surface area contributed by atoms with E-state index in [-0.39, 0.29) is 0 Å². The van der Waals surface area contributed by atoms with Crippen LogP contribution in [0.2, 0.25) is 0 Å². The van der Waals surface area contributed by atoms with E-state index in [9.17, 15) is 0 Å². The molecule has 0 unspecified atom stereocenters. The van der Waals surface area contributed by atoms with E-state index in [0.29, 0.717) is 18.3 Å². The van der Waals surface area contributed by atoms with Crippen LogP contribution in [0.15, 0.2) is 47.2 Å². The highest BCUT2D eigenvalue weighted by Gasteiger charge is 2.12. The van der Waals surface area contributed by atoms with Gasteiger partial charge in [-0.2, -0.15) is 4.98 Å². The quantitative estimate of drug-likeness (QED) is 0.788. The highest BCUT2D eigenvalue weighted by molar-refractivity contribution is 5.61. The highest BCUT2D eigenvalue weighted by atomic mass is 16.5. The summed E-state index contributed by atoms with van der Waals surface area (Å²) in [4.78, 5) is 8.51. The molecule has 0 spiro atoms. The minimum atomic E-state index is 0.492. The molecule has 0 saturated carbocycles. The fraction of sp³-hybridized carbons (Fsp3) is 0.133. The Morgan fingerprint density at radius 3 is 2.65 bits per heavy atom. The largest absolute Gasteiger partial charge is 0.334 e. The zero-order chi connectivity index (χ0) is 13.9. The maximum absolute atomic E-state index is 5.58. The third-order valence-corrected chi connectivity index (χ3v) is 3.14. The first-order valence-electron chi connectivity index (χ1n) is 6.32. The van der Waals surface area contributed by atoms with E-state index in [1.165, 1.54) is 0 Å². The Hall–Kier alpha value is -2.53. The number of benzene rings is 1. The number of aryl methyl sites for hydroxylation is 1. The normalized spacial score (nSPS) is 10.7. The molecule has 0 radical (unpaired) electrons. The minimum absolute atomic E-state index is 0.492. The molecule has 2 heterocycles. The summed E-state index contributed by atoms with van der Waals surface area (Å²) in [7, 11) is 0. The molecule has 1 aromatic carbocycles. The van der Waals surface area contributed by atoms with Gasteiger partial charge in [0.15, 0.2) is 0 Å². The van der Waals surface area contributed by atoms with E-state index in [0.717, 1.165) is 22.3 Å². The molecular formula is C15H14N4O. The fourth-order valence-corrected chi connectivity index (χ4v) is 1.93. The van der Waals surface area contributed by atoms with E-state index in [2.05, 4.69) is 15.1 Å². The second-order valence-electron chi connectivity index (χ2n) is 4.51. The lowest BCUT2D eigenvalue weighted by Crippen LogP contribution is -1.95. The van der Waals surface area contributed by atoms with Crippen LogP contribution in [0.3, 0.4) is 0 Å². The van der Waals surface area contributed by atoms with Crippen molar-refractivity contribution < 1.29 is 4.52 Å². The molecule has 0 bridgehead atoms. The molecule has 0 amide bonds. The summed E-state index contributed by atoms with van der Waals surface area (Å²) in [5.74, 6) is 1.04. The lowest BCUT2D eigenvalue weighted by atomic mass is 10.1. The Morgan fingerprint density at radius 2 is 1.95 bits per heavy atom. The van der Waals surface area contributed by atoms with Gasteiger partial charge in [0.1, 0.15) is 0 Å². The van der Waals surface area contributed by atoms with Gasteiger partial charge in [-0.15, -0.1) is 0 Å². The number of rotatable bonds is 3. The van der Waals surface area contributed by atoms with Crippen molar-refractivity contribution >= 4 is 0 Å². The smallest absolute Gasteiger partial charge is 0.258 e. The van der Waals surface area contributed by atoms with Crippen molar-refractivity contribution in [1.29, 1.82) is 0 Å². The van der Waals surface area contributed by atoms with Gasteiger partial charge in [0.2, 0.25) is 5.82 Å². The molecule has 5 nitrogen and oxygen atoms in total. The average Bonchev–Trinajstić information content (AvgIpc) is 2.97. The van der Waals surface area contributed by atoms with Crippen molar-refractivity contribution in [2.75, 3.05) is 0 Å². The van der Waals surface area contributed by atoms with Crippen molar-refractivity contribution in [2.24, 2.45) is 5.73 Å². The van der Waals surface area contributed by atoms with Crippen LogP contribution in [0.5, 0.6) is 0 Å². The molecule has 5 heteroatoms. The molecule has 0 aliphatic rings. The summed E-state index contributed by atoms with van der Waals surface area (Å²) in [6, 6.07) is 9.68. The first-order chi connectivity index (χ1) is 9.78. The Bertz CT molecular complexity index is 719. The summed E-state index contributed by atoms with van der Waals surface area (Å²) < 4.78 is 5.31. The van der Waals surface area contributed by atoms with Crippen LogP contribution in [0.1, 0.15) is 11.1 Å².